The van der Waals surface area contributed by atoms with Crippen LogP contribution in [0.25, 0.3) is 0 Å². The van der Waals surface area contributed by atoms with Gasteiger partial charge >= 0.3 is 6.09 Å². The van der Waals surface area contributed by atoms with E-state index in [4.69, 9.17) is 28.4 Å². The zero-order valence-corrected chi connectivity index (χ0v) is 34.4. The predicted molar refractivity (Wildman–Crippen MR) is 219 cm³/mol. The minimum atomic E-state index is -0.770. The molecule has 15 heteroatoms. The number of amides is 3. The monoisotopic (exact) mass is 798 g/mol. The second-order valence-electron chi connectivity index (χ2n) is 15.0. The molecule has 2 aliphatic rings. The van der Waals surface area contributed by atoms with Crippen LogP contribution in [0.4, 0.5) is 16.2 Å². The molecule has 56 heavy (non-hydrogen) atoms. The molecule has 2 atom stereocenters. The number of rotatable bonds is 19. The van der Waals surface area contributed by atoms with E-state index < -0.39 is 23.6 Å². The molecule has 1 unspecified atom stereocenters. The van der Waals surface area contributed by atoms with Crippen LogP contribution in [0.1, 0.15) is 80.5 Å². The first-order valence-corrected chi connectivity index (χ1v) is 19.6. The number of aliphatic hydroxyl groups is 1. The van der Waals surface area contributed by atoms with Gasteiger partial charge in [-0.25, -0.2) is 4.79 Å². The summed E-state index contributed by atoms with van der Waals surface area (Å²) in [5, 5.41) is 15.7. The third-order valence-electron chi connectivity index (χ3n) is 9.19. The van der Waals surface area contributed by atoms with Gasteiger partial charge in [0.15, 0.2) is 28.9 Å². The second-order valence-corrected chi connectivity index (χ2v) is 15.4. The minimum absolute atomic E-state index is 0.109. The van der Waals surface area contributed by atoms with Gasteiger partial charge in [0.25, 0.3) is 11.8 Å². The van der Waals surface area contributed by atoms with Crippen LogP contribution in [0.2, 0.25) is 0 Å². The number of hydrogen-bond acceptors (Lipinski definition) is 12. The Bertz CT molecular complexity index is 1730. The number of aliphatic hydroxyl groups excluding tert-OH is 1. The van der Waals surface area contributed by atoms with Gasteiger partial charge in [-0.15, -0.1) is 0 Å². The van der Waals surface area contributed by atoms with Crippen LogP contribution in [0.3, 0.4) is 0 Å². The molecule has 2 heterocycles. The lowest BCUT2D eigenvalue weighted by molar-refractivity contribution is 0.0635. The number of unbranched alkanes of at least 4 members (excludes halogenated alkanes) is 2. The first-order valence-electron chi connectivity index (χ1n) is 18.9. The van der Waals surface area contributed by atoms with E-state index in [1.165, 1.54) is 25.2 Å². The highest BCUT2D eigenvalue weighted by molar-refractivity contribution is 7.80. The van der Waals surface area contributed by atoms with E-state index in [0.29, 0.717) is 98.1 Å². The molecular formula is C41H58N4O10S. The van der Waals surface area contributed by atoms with Crippen molar-refractivity contribution < 1.29 is 47.9 Å². The van der Waals surface area contributed by atoms with Crippen LogP contribution < -0.4 is 29.6 Å². The summed E-state index contributed by atoms with van der Waals surface area (Å²) in [5.41, 5.74) is 1.34. The summed E-state index contributed by atoms with van der Waals surface area (Å²) >= 11 is 4.19. The number of carbonyl (C=O) groups is 3. The highest BCUT2D eigenvalue weighted by atomic mass is 32.1. The Morgan fingerprint density at radius 3 is 2.00 bits per heavy atom. The second kappa shape index (κ2) is 20.4. The molecule has 2 aromatic carbocycles. The molecule has 0 aliphatic carbocycles. The van der Waals surface area contributed by atoms with Gasteiger partial charge < -0.3 is 48.6 Å². The van der Waals surface area contributed by atoms with Crippen LogP contribution in [-0.4, -0.2) is 110 Å². The van der Waals surface area contributed by atoms with Crippen LogP contribution in [0.5, 0.6) is 23.0 Å². The van der Waals surface area contributed by atoms with Crippen molar-refractivity contribution in [2.24, 2.45) is 5.92 Å². The molecule has 3 N–H and O–H groups in total. The maximum atomic E-state index is 13.8. The minimum Gasteiger partial charge on any atom is -0.493 e. The van der Waals surface area contributed by atoms with Crippen molar-refractivity contribution in [3.05, 3.63) is 60.0 Å². The van der Waals surface area contributed by atoms with E-state index in [1.807, 2.05) is 4.90 Å². The van der Waals surface area contributed by atoms with Gasteiger partial charge in [0.2, 0.25) is 0 Å². The van der Waals surface area contributed by atoms with E-state index in [2.05, 4.69) is 43.3 Å². The fourth-order valence-corrected chi connectivity index (χ4v) is 6.55. The number of anilines is 2. The molecule has 0 spiro atoms. The molecule has 4 rings (SSSR count). The molecule has 0 radical (unpaired) electrons. The number of hydrogen-bond donors (Lipinski definition) is 4. The van der Waals surface area contributed by atoms with Crippen molar-refractivity contribution in [2.75, 3.05) is 76.7 Å². The quantitative estimate of drug-likeness (QED) is 0.0516. The summed E-state index contributed by atoms with van der Waals surface area (Å²) in [5.74, 6) is 2.26. The predicted octanol–water partition coefficient (Wildman–Crippen LogP) is 6.75. The number of likely N-dealkylation sites (tertiary alicyclic amines) is 2. The van der Waals surface area contributed by atoms with Gasteiger partial charge in [0.1, 0.15) is 5.60 Å². The number of nitrogens with zero attached hydrogens (tertiary/aromatic N) is 2. The Morgan fingerprint density at radius 2 is 1.48 bits per heavy atom. The largest absolute Gasteiger partial charge is 0.493 e. The molecule has 0 bridgehead atoms. The van der Waals surface area contributed by atoms with Crippen molar-refractivity contribution in [3.63, 3.8) is 0 Å². The van der Waals surface area contributed by atoms with Gasteiger partial charge in [-0.2, -0.15) is 12.6 Å². The highest BCUT2D eigenvalue weighted by Crippen LogP contribution is 2.38. The lowest BCUT2D eigenvalue weighted by atomic mass is 10.1. The van der Waals surface area contributed by atoms with Crippen LogP contribution in [0.15, 0.2) is 48.9 Å². The molecule has 2 aliphatic heterocycles. The van der Waals surface area contributed by atoms with Gasteiger partial charge in [-0.1, -0.05) is 19.1 Å². The Kier molecular flexibility index (Phi) is 16.0. The number of thiol groups is 1. The lowest BCUT2D eigenvalue weighted by Gasteiger charge is -2.25. The average molecular weight is 799 g/mol. The Morgan fingerprint density at radius 1 is 0.893 bits per heavy atom. The van der Waals surface area contributed by atoms with E-state index >= 15 is 0 Å². The number of carbonyl (C=O) groups excluding carboxylic acids is 3. The first kappa shape index (κ1) is 44.0. The van der Waals surface area contributed by atoms with E-state index in [1.54, 1.807) is 39.0 Å². The molecule has 14 nitrogen and oxygen atoms in total. The molecule has 3 amide bonds. The summed E-state index contributed by atoms with van der Waals surface area (Å²) in [6.07, 6.45) is 2.79. The van der Waals surface area contributed by atoms with Crippen molar-refractivity contribution >= 4 is 41.9 Å². The summed E-state index contributed by atoms with van der Waals surface area (Å²) in [6.45, 7) is 17.8. The molecular weight excluding hydrogens is 741 g/mol. The van der Waals surface area contributed by atoms with E-state index in [0.717, 1.165) is 18.4 Å². The zero-order valence-electron chi connectivity index (χ0n) is 33.5. The van der Waals surface area contributed by atoms with Crippen LogP contribution in [0, 0.1) is 5.92 Å². The maximum Gasteiger partial charge on any atom is 0.412 e. The highest BCUT2D eigenvalue weighted by Gasteiger charge is 2.34. The molecule has 2 fully saturated rings. The third kappa shape index (κ3) is 12.1. The average Bonchev–Trinajstić information content (AvgIpc) is 3.77. The van der Waals surface area contributed by atoms with E-state index in [9.17, 15) is 19.5 Å². The summed E-state index contributed by atoms with van der Waals surface area (Å²) in [6, 6.07) is 6.07. The van der Waals surface area contributed by atoms with Gasteiger partial charge in [-0.3, -0.25) is 14.9 Å². The Labute approximate surface area is 335 Å². The zero-order chi connectivity index (χ0) is 41.0. The summed E-state index contributed by atoms with van der Waals surface area (Å²) < 4.78 is 34.6. The number of methoxy groups -OCH3 is 2. The maximum absolute atomic E-state index is 13.8. The van der Waals surface area contributed by atoms with Crippen LogP contribution in [-0.2, 0) is 9.47 Å². The van der Waals surface area contributed by atoms with Crippen LogP contribution >= 0.6 is 12.6 Å². The van der Waals surface area contributed by atoms with Gasteiger partial charge in [0, 0.05) is 37.5 Å². The lowest BCUT2D eigenvalue weighted by Crippen LogP contribution is -2.38. The first-order chi connectivity index (χ1) is 26.7. The normalized spacial score (nSPS) is 16.7. The molecule has 308 valence electrons. The fourth-order valence-electron chi connectivity index (χ4n) is 6.46. The third-order valence-corrected chi connectivity index (χ3v) is 9.37. The summed E-state index contributed by atoms with van der Waals surface area (Å²) in [7, 11) is 3.01. The molecule has 0 aromatic heterocycles. The number of ether oxygens (including phenoxy) is 6. The molecule has 0 saturated carbocycles. The number of nitrogens with one attached hydrogen (secondary N) is 2. The molecule has 2 aromatic rings. The topological polar surface area (TPSA) is 157 Å². The number of benzene rings is 2. The smallest absolute Gasteiger partial charge is 0.412 e. The van der Waals surface area contributed by atoms with Crippen molar-refractivity contribution in [2.45, 2.75) is 71.4 Å². The standard InChI is InChI=1S/C41H58N4O10S/c1-26-12-13-44(23-26)38(47)30-19-34(50-7)36(21-32(30)42-28(3)52-16-17-56)53-14-10-9-11-15-54-37-22-33(43-40(49)55-41(4,5)6)31(20-35(37)51-8)39(48)45-24-27(2)18-29(45)25-46/h19-22,26,29,42,46,56H,2-3,9-18,23-25H2,1,4-8H3,(H,43,49)/t26?,29-/m0/s1. The van der Waals surface area contributed by atoms with Crippen molar-refractivity contribution in [1.29, 1.82) is 0 Å². The summed E-state index contributed by atoms with van der Waals surface area (Å²) in [4.78, 5) is 43.6. The Hall–Kier alpha value is -4.76. The van der Waals surface area contributed by atoms with E-state index in [-0.39, 0.29) is 36.2 Å². The van der Waals surface area contributed by atoms with Gasteiger partial charge in [-0.05, 0) is 77.5 Å². The Balaban J connectivity index is 1.41. The van der Waals surface area contributed by atoms with Crippen molar-refractivity contribution in [3.8, 4) is 23.0 Å². The van der Waals surface area contributed by atoms with Gasteiger partial charge in [0.05, 0.1) is 69.2 Å². The molecule has 2 saturated heterocycles. The fraction of sp³-hybridized carbons (Fsp3) is 0.537. The van der Waals surface area contributed by atoms with Crippen molar-refractivity contribution in [1.82, 2.24) is 9.80 Å². The SMILES string of the molecule is C=C1C[C@@H](CO)N(C(=O)c2cc(OC)c(OCCCCCOc3cc(NC(=C)OCCS)c(C(=O)N4CCC(C)C4)cc3OC)cc2NC(=O)OC(C)(C)C)C1.